The van der Waals surface area contributed by atoms with Crippen LogP contribution in [0.4, 0.5) is 13.2 Å². The molecule has 0 spiro atoms. The highest BCUT2D eigenvalue weighted by atomic mass is 79.9. The van der Waals surface area contributed by atoms with Crippen molar-refractivity contribution in [3.8, 4) is 0 Å². The maximum atomic E-state index is 12.0. The van der Waals surface area contributed by atoms with Gasteiger partial charge in [-0.1, -0.05) is 0 Å². The zero-order chi connectivity index (χ0) is 10.1. The van der Waals surface area contributed by atoms with E-state index >= 15 is 0 Å². The smallest absolute Gasteiger partial charge is 0.248 e. The monoisotopic (exact) mass is 273 g/mol. The summed E-state index contributed by atoms with van der Waals surface area (Å²) in [5.41, 5.74) is -4.74. The normalized spacial score (nSPS) is 14.2. The Balaban J connectivity index is 3.10. The fourth-order valence-corrected chi connectivity index (χ4v) is 1.98. The Labute approximate surface area is 82.8 Å². The van der Waals surface area contributed by atoms with E-state index in [1.807, 2.05) is 0 Å². The topological polar surface area (TPSA) is 30.0 Å². The summed E-state index contributed by atoms with van der Waals surface area (Å²) in [4.78, 5) is 3.17. The van der Waals surface area contributed by atoms with Crippen molar-refractivity contribution in [1.82, 2.24) is 4.98 Å². The first-order valence-corrected chi connectivity index (χ1v) is 4.96. The average molecular weight is 274 g/mol. The first kappa shape index (κ1) is 10.6. The second-order valence-electron chi connectivity index (χ2n) is 2.01. The quantitative estimate of drug-likeness (QED) is 0.736. The number of aromatic nitrogens is 1. The summed E-state index contributed by atoms with van der Waals surface area (Å²) < 4.78 is 46.7. The predicted octanol–water partition coefficient (Wildman–Crippen LogP) is 2.47. The molecule has 1 atom stereocenters. The maximum Gasteiger partial charge on any atom is 0.475 e. The summed E-state index contributed by atoms with van der Waals surface area (Å²) in [5.74, 6) is 0. The van der Waals surface area contributed by atoms with E-state index < -0.39 is 16.3 Å². The Hall–Kier alpha value is -0.430. The molecule has 0 saturated carbocycles. The van der Waals surface area contributed by atoms with Crippen LogP contribution in [0, 0.1) is 0 Å². The van der Waals surface area contributed by atoms with E-state index in [9.17, 15) is 17.4 Å². The number of hydrogen-bond donors (Lipinski definition) is 0. The molecule has 0 unspecified atom stereocenters. The van der Waals surface area contributed by atoms with Crippen LogP contribution >= 0.6 is 15.9 Å². The lowest BCUT2D eigenvalue weighted by molar-refractivity contribution is -0.0385. The molecule has 72 valence electrons. The summed E-state index contributed by atoms with van der Waals surface area (Å²) in [6, 6.07) is 2.41. The molecule has 1 aromatic heterocycles. The molecule has 1 rings (SSSR count). The van der Waals surface area contributed by atoms with Crippen LogP contribution < -0.4 is 0 Å². The van der Waals surface area contributed by atoms with Crippen LogP contribution in [0.15, 0.2) is 27.8 Å². The Bertz CT molecular complexity index is 341. The highest BCUT2D eigenvalue weighted by Gasteiger charge is 2.39. The lowest BCUT2D eigenvalue weighted by atomic mass is 10.5. The Morgan fingerprint density at radius 1 is 1.46 bits per heavy atom. The molecule has 13 heavy (non-hydrogen) atoms. The van der Waals surface area contributed by atoms with E-state index in [1.54, 1.807) is 0 Å². The molecule has 0 fully saturated rings. The van der Waals surface area contributed by atoms with E-state index in [0.29, 0.717) is 0 Å². The molecule has 0 aliphatic heterocycles. The van der Waals surface area contributed by atoms with Gasteiger partial charge in [-0.05, 0) is 28.1 Å². The molecular weight excluding hydrogens is 271 g/mol. The van der Waals surface area contributed by atoms with Crippen molar-refractivity contribution >= 4 is 26.7 Å². The summed E-state index contributed by atoms with van der Waals surface area (Å²) in [6.07, 6.45) is 1.31. The van der Waals surface area contributed by atoms with Gasteiger partial charge in [0.1, 0.15) is 4.60 Å². The minimum absolute atomic E-state index is 0.0503. The average Bonchev–Trinajstić information content (AvgIpc) is 2.02. The van der Waals surface area contributed by atoms with Crippen molar-refractivity contribution in [2.75, 3.05) is 0 Å². The van der Waals surface area contributed by atoms with Gasteiger partial charge in [0.15, 0.2) is 10.8 Å². The van der Waals surface area contributed by atoms with Crippen molar-refractivity contribution < 1.29 is 17.4 Å². The number of pyridine rings is 1. The van der Waals surface area contributed by atoms with Gasteiger partial charge in [0.2, 0.25) is 0 Å². The molecule has 0 radical (unpaired) electrons. The zero-order valence-electron chi connectivity index (χ0n) is 6.01. The minimum atomic E-state index is -4.74. The number of alkyl halides is 3. The fraction of sp³-hybridized carbons (Fsp3) is 0.167. The van der Waals surface area contributed by atoms with Gasteiger partial charge < -0.3 is 0 Å². The largest absolute Gasteiger partial charge is 0.475 e. The van der Waals surface area contributed by atoms with E-state index in [2.05, 4.69) is 20.9 Å². The van der Waals surface area contributed by atoms with Crippen LogP contribution in [0.3, 0.4) is 0 Å². The minimum Gasteiger partial charge on any atom is -0.248 e. The van der Waals surface area contributed by atoms with Crippen molar-refractivity contribution in [2.45, 2.75) is 10.4 Å². The molecule has 0 N–H and O–H groups in total. The predicted molar refractivity (Wildman–Crippen MR) is 44.4 cm³/mol. The molecule has 1 heterocycles. The number of nitrogens with zero attached hydrogens (tertiary/aromatic N) is 1. The lowest BCUT2D eigenvalue weighted by Gasteiger charge is -2.06. The molecule has 0 aromatic carbocycles. The van der Waals surface area contributed by atoms with Gasteiger partial charge in [-0.15, -0.1) is 0 Å². The Morgan fingerprint density at radius 2 is 2.08 bits per heavy atom. The van der Waals surface area contributed by atoms with Gasteiger partial charge in [-0.3, -0.25) is 0 Å². The summed E-state index contributed by atoms with van der Waals surface area (Å²) >= 11 is 2.79. The number of hydrogen-bond acceptors (Lipinski definition) is 2. The van der Waals surface area contributed by atoms with Crippen LogP contribution in [-0.4, -0.2) is 14.7 Å². The van der Waals surface area contributed by atoms with Crippen LogP contribution in [-0.2, 0) is 10.8 Å². The molecule has 0 aliphatic rings. The van der Waals surface area contributed by atoms with E-state index in [0.717, 1.165) is 6.07 Å². The third kappa shape index (κ3) is 2.50. The highest BCUT2D eigenvalue weighted by Crippen LogP contribution is 2.29. The molecule has 0 amide bonds. The van der Waals surface area contributed by atoms with Gasteiger partial charge in [0.25, 0.3) is 0 Å². The molecule has 0 saturated heterocycles. The SMILES string of the molecule is O=[S@@](c1cccnc1Br)C(F)(F)F. The summed E-state index contributed by atoms with van der Waals surface area (Å²) in [7, 11) is -3.02. The van der Waals surface area contributed by atoms with E-state index in [4.69, 9.17) is 0 Å². The Morgan fingerprint density at radius 3 is 2.54 bits per heavy atom. The van der Waals surface area contributed by atoms with Crippen LogP contribution in [0.2, 0.25) is 0 Å². The van der Waals surface area contributed by atoms with Gasteiger partial charge in [0.05, 0.1) is 4.90 Å². The lowest BCUT2D eigenvalue weighted by Crippen LogP contribution is -2.16. The van der Waals surface area contributed by atoms with Crippen LogP contribution in [0.25, 0.3) is 0 Å². The molecule has 1 aromatic rings. The van der Waals surface area contributed by atoms with Gasteiger partial charge >= 0.3 is 5.51 Å². The molecular formula is C6H3BrF3NOS. The third-order valence-corrected chi connectivity index (χ3v) is 3.18. The van der Waals surface area contributed by atoms with Crippen molar-refractivity contribution in [3.05, 3.63) is 22.9 Å². The molecule has 0 aliphatic carbocycles. The Kier molecular flexibility index (Phi) is 3.07. The molecule has 7 heteroatoms. The van der Waals surface area contributed by atoms with E-state index in [1.165, 1.54) is 12.3 Å². The second kappa shape index (κ2) is 3.75. The van der Waals surface area contributed by atoms with Crippen LogP contribution in [0.1, 0.15) is 0 Å². The summed E-state index contributed by atoms with van der Waals surface area (Å²) in [6.45, 7) is 0. The van der Waals surface area contributed by atoms with Gasteiger partial charge in [-0.25, -0.2) is 9.19 Å². The third-order valence-electron chi connectivity index (χ3n) is 1.13. The maximum absolute atomic E-state index is 12.0. The van der Waals surface area contributed by atoms with Crippen molar-refractivity contribution in [3.63, 3.8) is 0 Å². The van der Waals surface area contributed by atoms with Crippen molar-refractivity contribution in [2.24, 2.45) is 0 Å². The van der Waals surface area contributed by atoms with Crippen LogP contribution in [0.5, 0.6) is 0 Å². The number of halogens is 4. The summed E-state index contributed by atoms with van der Waals surface area (Å²) in [5, 5.41) is 0. The first-order chi connectivity index (χ1) is 5.93. The second-order valence-corrected chi connectivity index (χ2v) is 4.20. The molecule has 2 nitrogen and oxygen atoms in total. The van der Waals surface area contributed by atoms with E-state index in [-0.39, 0.29) is 9.50 Å². The zero-order valence-corrected chi connectivity index (χ0v) is 8.41. The first-order valence-electron chi connectivity index (χ1n) is 3.02. The van der Waals surface area contributed by atoms with Gasteiger partial charge in [-0.2, -0.15) is 13.2 Å². The van der Waals surface area contributed by atoms with Crippen molar-refractivity contribution in [1.29, 1.82) is 0 Å². The number of rotatable bonds is 1. The van der Waals surface area contributed by atoms with Gasteiger partial charge in [0, 0.05) is 6.20 Å². The molecule has 0 bridgehead atoms. The highest BCUT2D eigenvalue weighted by molar-refractivity contribution is 9.10. The fourth-order valence-electron chi connectivity index (χ4n) is 0.634. The standard InChI is InChI=1S/C6H3BrF3NOS/c7-5-4(2-1-3-11-5)13(12)6(8,9)10/h1-3H/t13-/m0/s1.